The molecule has 7 heteroatoms. The van der Waals surface area contributed by atoms with Crippen LogP contribution in [0.4, 0.5) is 0 Å². The summed E-state index contributed by atoms with van der Waals surface area (Å²) in [6.07, 6.45) is 4.53. The van der Waals surface area contributed by atoms with Crippen LogP contribution in [0.1, 0.15) is 53.7 Å². The standard InChI is InChI=1S/C18H21N3OS3/c1-10(2)15-19-11(8-23-15)9-24-18-20-16-14(17(22)21(18)3)12-6-4-5-7-13(12)25-16/h8,10H,4-7,9H2,1-3H3. The Labute approximate surface area is 159 Å². The van der Waals surface area contributed by atoms with Gasteiger partial charge in [0, 0.05) is 29.0 Å². The van der Waals surface area contributed by atoms with E-state index in [-0.39, 0.29) is 5.56 Å². The van der Waals surface area contributed by atoms with Gasteiger partial charge in [0.05, 0.1) is 16.1 Å². The summed E-state index contributed by atoms with van der Waals surface area (Å²) in [4.78, 5) is 24.7. The third-order valence-electron chi connectivity index (χ3n) is 4.57. The van der Waals surface area contributed by atoms with Gasteiger partial charge in [-0.15, -0.1) is 22.7 Å². The second-order valence-electron chi connectivity index (χ2n) is 6.77. The summed E-state index contributed by atoms with van der Waals surface area (Å²) in [6.45, 7) is 4.32. The monoisotopic (exact) mass is 391 g/mol. The SMILES string of the molecule is CC(C)c1nc(CSc2nc3sc4c(c3c(=O)n2C)CCCC4)cs1. The van der Waals surface area contributed by atoms with Crippen LogP contribution < -0.4 is 5.56 Å². The molecule has 25 heavy (non-hydrogen) atoms. The number of aryl methyl sites for hydroxylation is 2. The molecule has 0 saturated carbocycles. The van der Waals surface area contributed by atoms with Gasteiger partial charge in [0.15, 0.2) is 5.16 Å². The molecule has 1 aliphatic carbocycles. The van der Waals surface area contributed by atoms with Gasteiger partial charge in [-0.3, -0.25) is 9.36 Å². The normalized spacial score (nSPS) is 14.4. The average Bonchev–Trinajstić information content (AvgIpc) is 3.21. The summed E-state index contributed by atoms with van der Waals surface area (Å²) in [5.41, 5.74) is 2.43. The molecule has 0 aromatic carbocycles. The van der Waals surface area contributed by atoms with Gasteiger partial charge in [-0.25, -0.2) is 9.97 Å². The lowest BCUT2D eigenvalue weighted by Crippen LogP contribution is -2.20. The molecule has 0 N–H and O–H groups in total. The summed E-state index contributed by atoms with van der Waals surface area (Å²) < 4.78 is 1.71. The van der Waals surface area contributed by atoms with E-state index in [1.165, 1.54) is 28.3 Å². The Hall–Kier alpha value is -1.18. The first-order chi connectivity index (χ1) is 12.0. The lowest BCUT2D eigenvalue weighted by molar-refractivity contribution is 0.695. The van der Waals surface area contributed by atoms with Gasteiger partial charge in [0.1, 0.15) is 4.83 Å². The van der Waals surface area contributed by atoms with Crippen LogP contribution in [-0.2, 0) is 25.6 Å². The van der Waals surface area contributed by atoms with Crippen molar-refractivity contribution in [3.63, 3.8) is 0 Å². The fraction of sp³-hybridized carbons (Fsp3) is 0.500. The van der Waals surface area contributed by atoms with E-state index in [2.05, 4.69) is 24.2 Å². The van der Waals surface area contributed by atoms with E-state index in [4.69, 9.17) is 4.98 Å². The molecule has 4 rings (SSSR count). The molecule has 132 valence electrons. The van der Waals surface area contributed by atoms with Crippen LogP contribution in [0, 0.1) is 0 Å². The second-order valence-corrected chi connectivity index (χ2v) is 9.69. The van der Waals surface area contributed by atoms with Crippen molar-refractivity contribution in [1.29, 1.82) is 0 Å². The summed E-state index contributed by atoms with van der Waals surface area (Å²) in [6, 6.07) is 0. The Morgan fingerprint density at radius 3 is 2.84 bits per heavy atom. The van der Waals surface area contributed by atoms with Crippen molar-refractivity contribution in [3.05, 3.63) is 36.9 Å². The summed E-state index contributed by atoms with van der Waals surface area (Å²) in [7, 11) is 1.84. The number of thioether (sulfide) groups is 1. The number of hydrogen-bond donors (Lipinski definition) is 0. The van der Waals surface area contributed by atoms with Gasteiger partial charge in [0.25, 0.3) is 5.56 Å². The van der Waals surface area contributed by atoms with Crippen molar-refractivity contribution >= 4 is 44.7 Å². The Bertz CT molecular complexity index is 984. The average molecular weight is 392 g/mol. The van der Waals surface area contributed by atoms with Crippen molar-refractivity contribution in [2.24, 2.45) is 7.05 Å². The predicted molar refractivity (Wildman–Crippen MR) is 107 cm³/mol. The van der Waals surface area contributed by atoms with E-state index in [9.17, 15) is 4.79 Å². The number of rotatable bonds is 4. The first-order valence-corrected chi connectivity index (χ1v) is 11.3. The lowest BCUT2D eigenvalue weighted by atomic mass is 9.97. The van der Waals surface area contributed by atoms with E-state index in [0.29, 0.717) is 5.92 Å². The molecule has 0 aliphatic heterocycles. The highest BCUT2D eigenvalue weighted by Crippen LogP contribution is 2.35. The van der Waals surface area contributed by atoms with Crippen molar-refractivity contribution in [2.75, 3.05) is 0 Å². The topological polar surface area (TPSA) is 47.8 Å². The molecule has 0 atom stereocenters. The Balaban J connectivity index is 1.65. The third-order valence-corrected chi connectivity index (χ3v) is 8.01. The molecule has 1 aliphatic rings. The van der Waals surface area contributed by atoms with Crippen LogP contribution in [0.15, 0.2) is 15.3 Å². The molecule has 0 spiro atoms. The predicted octanol–water partition coefficient (Wildman–Crippen LogP) is 4.75. The van der Waals surface area contributed by atoms with Gasteiger partial charge in [-0.2, -0.15) is 0 Å². The minimum atomic E-state index is 0.105. The first-order valence-electron chi connectivity index (χ1n) is 8.63. The smallest absolute Gasteiger partial charge is 0.262 e. The largest absolute Gasteiger partial charge is 0.290 e. The molecule has 0 radical (unpaired) electrons. The molecule has 0 saturated heterocycles. The number of fused-ring (bicyclic) bond motifs is 3. The quantitative estimate of drug-likeness (QED) is 0.476. The zero-order valence-corrected chi connectivity index (χ0v) is 17.1. The van der Waals surface area contributed by atoms with Crippen LogP contribution in [0.3, 0.4) is 0 Å². The molecule has 0 amide bonds. The number of thiophene rings is 1. The molecule has 0 unspecified atom stereocenters. The second kappa shape index (κ2) is 6.85. The molecule has 0 bridgehead atoms. The summed E-state index contributed by atoms with van der Waals surface area (Å²) in [5, 5.41) is 4.93. The zero-order chi connectivity index (χ0) is 17.6. The zero-order valence-electron chi connectivity index (χ0n) is 14.7. The molecule has 3 aromatic heterocycles. The van der Waals surface area contributed by atoms with Gasteiger partial charge in [-0.05, 0) is 31.2 Å². The maximum absolute atomic E-state index is 12.9. The van der Waals surface area contributed by atoms with Gasteiger partial charge in [0.2, 0.25) is 0 Å². The number of aromatic nitrogens is 3. The van der Waals surface area contributed by atoms with E-state index in [1.807, 2.05) is 7.05 Å². The maximum Gasteiger partial charge on any atom is 0.262 e. The molecule has 3 aromatic rings. The highest BCUT2D eigenvalue weighted by molar-refractivity contribution is 7.98. The van der Waals surface area contributed by atoms with E-state index >= 15 is 0 Å². The highest BCUT2D eigenvalue weighted by atomic mass is 32.2. The minimum absolute atomic E-state index is 0.105. The number of thiazole rings is 1. The highest BCUT2D eigenvalue weighted by Gasteiger charge is 2.21. The molecular formula is C18H21N3OS3. The van der Waals surface area contributed by atoms with Crippen LogP contribution in [0.2, 0.25) is 0 Å². The van der Waals surface area contributed by atoms with Gasteiger partial charge in [-0.1, -0.05) is 25.6 Å². The van der Waals surface area contributed by atoms with Gasteiger partial charge < -0.3 is 0 Å². The fourth-order valence-electron chi connectivity index (χ4n) is 3.19. The Kier molecular flexibility index (Phi) is 4.73. The van der Waals surface area contributed by atoms with Crippen LogP contribution in [0.25, 0.3) is 10.2 Å². The molecular weight excluding hydrogens is 370 g/mol. The Morgan fingerprint density at radius 2 is 2.08 bits per heavy atom. The number of hydrogen-bond acceptors (Lipinski definition) is 6. The lowest BCUT2D eigenvalue weighted by Gasteiger charge is -2.10. The van der Waals surface area contributed by atoms with Crippen LogP contribution in [-0.4, -0.2) is 14.5 Å². The van der Waals surface area contributed by atoms with E-state index in [0.717, 1.165) is 39.7 Å². The van der Waals surface area contributed by atoms with Crippen molar-refractivity contribution in [3.8, 4) is 0 Å². The van der Waals surface area contributed by atoms with Crippen molar-refractivity contribution < 1.29 is 0 Å². The third kappa shape index (κ3) is 3.17. The van der Waals surface area contributed by atoms with Crippen molar-refractivity contribution in [1.82, 2.24) is 14.5 Å². The maximum atomic E-state index is 12.9. The molecule has 3 heterocycles. The van der Waals surface area contributed by atoms with E-state index < -0.39 is 0 Å². The first kappa shape index (κ1) is 17.2. The summed E-state index contributed by atoms with van der Waals surface area (Å²) in [5.74, 6) is 1.21. The Morgan fingerprint density at radius 1 is 1.28 bits per heavy atom. The molecule has 0 fully saturated rings. The number of nitrogens with zero attached hydrogens (tertiary/aromatic N) is 3. The van der Waals surface area contributed by atoms with E-state index in [1.54, 1.807) is 39.0 Å². The van der Waals surface area contributed by atoms with Crippen LogP contribution >= 0.6 is 34.4 Å². The van der Waals surface area contributed by atoms with Crippen LogP contribution in [0.5, 0.6) is 0 Å². The fourth-order valence-corrected chi connectivity index (χ4v) is 6.30. The minimum Gasteiger partial charge on any atom is -0.290 e. The van der Waals surface area contributed by atoms with Crippen molar-refractivity contribution in [2.45, 2.75) is 56.4 Å². The summed E-state index contributed by atoms with van der Waals surface area (Å²) >= 11 is 5.03. The molecule has 4 nitrogen and oxygen atoms in total. The van der Waals surface area contributed by atoms with Gasteiger partial charge >= 0.3 is 0 Å².